The third-order valence-electron chi connectivity index (χ3n) is 5.86. The molecule has 0 bridgehead atoms. The van der Waals surface area contributed by atoms with Crippen LogP contribution in [0.2, 0.25) is 0 Å². The first-order valence-corrected chi connectivity index (χ1v) is 11.0. The minimum absolute atomic E-state index is 0.0327. The summed E-state index contributed by atoms with van der Waals surface area (Å²) in [5.74, 6) is -1.28. The van der Waals surface area contributed by atoms with E-state index in [1.165, 1.54) is 0 Å². The molecule has 0 spiro atoms. The lowest BCUT2D eigenvalue weighted by Crippen LogP contribution is -2.45. The molecule has 1 fully saturated rings. The maximum absolute atomic E-state index is 12.6. The Kier molecular flexibility index (Phi) is 7.88. The summed E-state index contributed by atoms with van der Waals surface area (Å²) in [6.45, 7) is 9.10. The molecule has 0 saturated carbocycles. The number of benzene rings is 2. The van der Waals surface area contributed by atoms with Crippen LogP contribution in [0.15, 0.2) is 36.4 Å². The molecule has 0 aliphatic carbocycles. The van der Waals surface area contributed by atoms with Crippen LogP contribution in [0.3, 0.4) is 0 Å². The highest BCUT2D eigenvalue weighted by Crippen LogP contribution is 2.24. The summed E-state index contributed by atoms with van der Waals surface area (Å²) in [6, 6.07) is 12.3. The molecule has 2 aromatic rings. The molecule has 3 rings (SSSR count). The Bertz CT molecular complexity index is 927. The van der Waals surface area contributed by atoms with Crippen molar-refractivity contribution in [3.63, 3.8) is 0 Å². The Balaban J connectivity index is 1.69. The van der Waals surface area contributed by atoms with E-state index in [0.29, 0.717) is 25.4 Å². The lowest BCUT2D eigenvalue weighted by atomic mass is 10.0. The third kappa shape index (κ3) is 5.87. The van der Waals surface area contributed by atoms with E-state index in [-0.39, 0.29) is 6.04 Å². The number of nitrogens with zero attached hydrogens (tertiary/aromatic N) is 2. The first-order chi connectivity index (χ1) is 15.3. The summed E-state index contributed by atoms with van der Waals surface area (Å²) in [5, 5.41) is 5.62. The number of rotatable bonds is 6. The number of anilines is 2. The van der Waals surface area contributed by atoms with Crippen molar-refractivity contribution in [1.29, 1.82) is 0 Å². The average Bonchev–Trinajstić information content (AvgIpc) is 2.77. The number of nitrogens with one attached hydrogen (secondary N) is 2. The molecule has 2 N–H and O–H groups in total. The van der Waals surface area contributed by atoms with Crippen LogP contribution in [0.4, 0.5) is 11.4 Å². The van der Waals surface area contributed by atoms with Crippen molar-refractivity contribution in [2.75, 3.05) is 57.2 Å². The fraction of sp³-hybridized carbons (Fsp3) is 0.440. The molecule has 1 atom stereocenters. The average molecular weight is 439 g/mol. The van der Waals surface area contributed by atoms with Gasteiger partial charge in [-0.3, -0.25) is 14.5 Å². The van der Waals surface area contributed by atoms with Crippen molar-refractivity contribution < 1.29 is 14.3 Å². The molecule has 1 heterocycles. The van der Waals surface area contributed by atoms with Crippen LogP contribution < -0.4 is 15.5 Å². The summed E-state index contributed by atoms with van der Waals surface area (Å²) >= 11 is 0. The third-order valence-corrected chi connectivity index (χ3v) is 5.86. The van der Waals surface area contributed by atoms with Crippen LogP contribution in [0.1, 0.15) is 28.3 Å². The molecule has 0 aromatic heterocycles. The van der Waals surface area contributed by atoms with E-state index >= 15 is 0 Å². The smallest absolute Gasteiger partial charge is 0.313 e. The van der Waals surface area contributed by atoms with Gasteiger partial charge in [0.25, 0.3) is 0 Å². The fourth-order valence-corrected chi connectivity index (χ4v) is 4.16. The van der Waals surface area contributed by atoms with Gasteiger partial charge in [-0.05, 0) is 49.6 Å². The van der Waals surface area contributed by atoms with Gasteiger partial charge in [0.1, 0.15) is 0 Å². The van der Waals surface area contributed by atoms with E-state index in [9.17, 15) is 9.59 Å². The van der Waals surface area contributed by atoms with Gasteiger partial charge in [-0.25, -0.2) is 0 Å². The van der Waals surface area contributed by atoms with Crippen molar-refractivity contribution in [3.05, 3.63) is 58.7 Å². The molecular formula is C25H34N4O3. The number of ether oxygens (including phenoxy) is 1. The van der Waals surface area contributed by atoms with E-state index in [0.717, 1.165) is 41.0 Å². The van der Waals surface area contributed by atoms with Crippen molar-refractivity contribution in [3.8, 4) is 0 Å². The summed E-state index contributed by atoms with van der Waals surface area (Å²) < 4.78 is 5.50. The number of amides is 2. The molecule has 7 nitrogen and oxygen atoms in total. The van der Waals surface area contributed by atoms with Crippen molar-refractivity contribution in [2.45, 2.75) is 26.8 Å². The maximum Gasteiger partial charge on any atom is 0.313 e. The number of aryl methyl sites for hydroxylation is 3. The molecule has 0 radical (unpaired) electrons. The lowest BCUT2D eigenvalue weighted by molar-refractivity contribution is -0.136. The van der Waals surface area contributed by atoms with Crippen molar-refractivity contribution >= 4 is 23.2 Å². The Morgan fingerprint density at radius 2 is 1.59 bits per heavy atom. The molecule has 172 valence electrons. The Labute approximate surface area is 190 Å². The molecular weight excluding hydrogens is 404 g/mol. The van der Waals surface area contributed by atoms with Crippen LogP contribution in [0, 0.1) is 20.8 Å². The topological polar surface area (TPSA) is 73.9 Å². The van der Waals surface area contributed by atoms with Gasteiger partial charge >= 0.3 is 11.8 Å². The van der Waals surface area contributed by atoms with Gasteiger partial charge in [0.05, 0.1) is 19.3 Å². The fourth-order valence-electron chi connectivity index (χ4n) is 4.16. The monoisotopic (exact) mass is 438 g/mol. The zero-order valence-electron chi connectivity index (χ0n) is 19.7. The van der Waals surface area contributed by atoms with Gasteiger partial charge in [-0.1, -0.05) is 29.8 Å². The lowest BCUT2D eigenvalue weighted by Gasteiger charge is -2.35. The Morgan fingerprint density at radius 1 is 1.00 bits per heavy atom. The number of carbonyl (C=O) groups is 2. The number of hydrogen-bond acceptors (Lipinski definition) is 5. The highest BCUT2D eigenvalue weighted by atomic mass is 16.5. The van der Waals surface area contributed by atoms with Gasteiger partial charge in [0.15, 0.2) is 0 Å². The van der Waals surface area contributed by atoms with Gasteiger partial charge in [-0.15, -0.1) is 0 Å². The molecule has 2 aromatic carbocycles. The Hall–Kier alpha value is -2.90. The van der Waals surface area contributed by atoms with E-state index in [1.54, 1.807) is 0 Å². The van der Waals surface area contributed by atoms with Crippen LogP contribution in [-0.2, 0) is 14.3 Å². The summed E-state index contributed by atoms with van der Waals surface area (Å²) in [5.41, 5.74) is 5.91. The van der Waals surface area contributed by atoms with E-state index < -0.39 is 11.8 Å². The Morgan fingerprint density at radius 3 is 2.16 bits per heavy atom. The maximum atomic E-state index is 12.6. The quantitative estimate of drug-likeness (QED) is 0.679. The van der Waals surface area contributed by atoms with Crippen molar-refractivity contribution in [2.24, 2.45) is 0 Å². The van der Waals surface area contributed by atoms with Gasteiger partial charge < -0.3 is 20.3 Å². The van der Waals surface area contributed by atoms with Gasteiger partial charge in [0, 0.05) is 45.1 Å². The molecule has 32 heavy (non-hydrogen) atoms. The zero-order valence-corrected chi connectivity index (χ0v) is 19.7. The van der Waals surface area contributed by atoms with E-state index in [2.05, 4.69) is 44.7 Å². The molecule has 1 aliphatic rings. The minimum atomic E-state index is -0.649. The van der Waals surface area contributed by atoms with E-state index in [1.807, 2.05) is 47.0 Å². The molecule has 1 unspecified atom stereocenters. The van der Waals surface area contributed by atoms with Crippen LogP contribution in [0.5, 0.6) is 0 Å². The predicted octanol–water partition coefficient (Wildman–Crippen LogP) is 2.81. The zero-order chi connectivity index (χ0) is 23.3. The first-order valence-electron chi connectivity index (χ1n) is 11.0. The second-order valence-corrected chi connectivity index (χ2v) is 8.59. The number of hydrogen-bond donors (Lipinski definition) is 2. The summed E-state index contributed by atoms with van der Waals surface area (Å²) in [7, 11) is 4.01. The summed E-state index contributed by atoms with van der Waals surface area (Å²) in [4.78, 5) is 29.6. The second-order valence-electron chi connectivity index (χ2n) is 8.59. The molecule has 2 amide bonds. The van der Waals surface area contributed by atoms with Gasteiger partial charge in [-0.2, -0.15) is 0 Å². The highest BCUT2D eigenvalue weighted by Gasteiger charge is 2.25. The molecule has 1 saturated heterocycles. The molecule has 7 heteroatoms. The largest absolute Gasteiger partial charge is 0.379 e. The first kappa shape index (κ1) is 23.8. The summed E-state index contributed by atoms with van der Waals surface area (Å²) in [6.07, 6.45) is 0. The van der Waals surface area contributed by atoms with Crippen LogP contribution in [-0.4, -0.2) is 63.7 Å². The predicted molar refractivity (Wildman–Crippen MR) is 128 cm³/mol. The van der Waals surface area contributed by atoms with Crippen molar-refractivity contribution in [1.82, 2.24) is 10.2 Å². The number of morpholine rings is 1. The van der Waals surface area contributed by atoms with Crippen LogP contribution >= 0.6 is 0 Å². The normalized spacial score (nSPS) is 15.2. The van der Waals surface area contributed by atoms with Crippen LogP contribution in [0.25, 0.3) is 0 Å². The second kappa shape index (κ2) is 10.6. The van der Waals surface area contributed by atoms with Gasteiger partial charge in [0.2, 0.25) is 0 Å². The number of carbonyl (C=O) groups excluding carboxylic acids is 2. The standard InChI is InChI=1S/C25H34N4O3/c1-17-14-18(2)23(19(3)15-17)27-25(31)24(30)26-16-22(29-10-12-32-13-11-29)20-6-8-21(9-7-20)28(4)5/h6-9,14-15,22H,10-13,16H2,1-5H3,(H,26,30)(H,27,31). The minimum Gasteiger partial charge on any atom is -0.379 e. The SMILES string of the molecule is Cc1cc(C)c(NC(=O)C(=O)NCC(c2ccc(N(C)C)cc2)N2CCOCC2)c(C)c1. The van der Waals surface area contributed by atoms with E-state index in [4.69, 9.17) is 4.74 Å². The highest BCUT2D eigenvalue weighted by molar-refractivity contribution is 6.39. The molecule has 1 aliphatic heterocycles.